The fraction of sp³-hybridized carbons (Fsp3) is 0.357. The standard InChI is InChI=1S/C14H18N2O3/c1-4-14(2,3)13(19)16-11-7-5-6-10(15-11)8-9-12(17)18/h5-9H,4H2,1-3H3,(H,17,18)(H,15,16,19). The summed E-state index contributed by atoms with van der Waals surface area (Å²) in [6.45, 7) is 5.66. The first-order chi connectivity index (χ1) is 8.85. The molecule has 0 saturated carbocycles. The number of pyridine rings is 1. The van der Waals surface area contributed by atoms with E-state index in [2.05, 4.69) is 10.3 Å². The lowest BCUT2D eigenvalue weighted by molar-refractivity contribution is -0.131. The van der Waals surface area contributed by atoms with Gasteiger partial charge in [-0.1, -0.05) is 26.8 Å². The first kappa shape index (κ1) is 14.9. The topological polar surface area (TPSA) is 79.3 Å². The summed E-state index contributed by atoms with van der Waals surface area (Å²) in [6, 6.07) is 5.05. The van der Waals surface area contributed by atoms with Crippen molar-refractivity contribution in [1.29, 1.82) is 0 Å². The number of nitrogens with one attached hydrogen (secondary N) is 1. The van der Waals surface area contributed by atoms with Crippen molar-refractivity contribution in [2.75, 3.05) is 5.32 Å². The summed E-state index contributed by atoms with van der Waals surface area (Å²) in [5.41, 5.74) is 0.0173. The molecule has 0 spiro atoms. The minimum atomic E-state index is -1.04. The van der Waals surface area contributed by atoms with Gasteiger partial charge in [-0.05, 0) is 24.6 Å². The highest BCUT2D eigenvalue weighted by atomic mass is 16.4. The van der Waals surface area contributed by atoms with E-state index in [1.54, 1.807) is 18.2 Å². The SMILES string of the molecule is CCC(C)(C)C(=O)Nc1cccc(C=CC(=O)O)n1. The van der Waals surface area contributed by atoms with Crippen molar-refractivity contribution in [1.82, 2.24) is 4.98 Å². The average Bonchev–Trinajstić information content (AvgIpc) is 2.36. The number of hydrogen-bond acceptors (Lipinski definition) is 3. The summed E-state index contributed by atoms with van der Waals surface area (Å²) in [4.78, 5) is 26.6. The van der Waals surface area contributed by atoms with Gasteiger partial charge in [0.1, 0.15) is 5.82 Å². The minimum absolute atomic E-state index is 0.109. The van der Waals surface area contributed by atoms with Gasteiger partial charge >= 0.3 is 5.97 Å². The highest BCUT2D eigenvalue weighted by Gasteiger charge is 2.25. The van der Waals surface area contributed by atoms with Gasteiger partial charge in [0.2, 0.25) is 5.91 Å². The first-order valence-electron chi connectivity index (χ1n) is 6.04. The molecule has 1 rings (SSSR count). The van der Waals surface area contributed by atoms with Crippen LogP contribution in [0.4, 0.5) is 5.82 Å². The van der Waals surface area contributed by atoms with E-state index in [4.69, 9.17) is 5.11 Å². The Kier molecular flexibility index (Phi) is 4.80. The number of aromatic nitrogens is 1. The number of hydrogen-bond donors (Lipinski definition) is 2. The molecule has 0 radical (unpaired) electrons. The van der Waals surface area contributed by atoms with Crippen molar-refractivity contribution in [3.8, 4) is 0 Å². The summed E-state index contributed by atoms with van der Waals surface area (Å²) < 4.78 is 0. The molecular weight excluding hydrogens is 244 g/mol. The molecule has 0 aliphatic heterocycles. The Bertz CT molecular complexity index is 507. The summed E-state index contributed by atoms with van der Waals surface area (Å²) in [5, 5.41) is 11.3. The van der Waals surface area contributed by atoms with Gasteiger partial charge in [0.25, 0.3) is 0 Å². The molecule has 0 bridgehead atoms. The van der Waals surface area contributed by atoms with Gasteiger partial charge in [-0.2, -0.15) is 0 Å². The molecule has 19 heavy (non-hydrogen) atoms. The third-order valence-electron chi connectivity index (χ3n) is 2.91. The van der Waals surface area contributed by atoms with Crippen LogP contribution >= 0.6 is 0 Å². The lowest BCUT2D eigenvalue weighted by atomic mass is 9.89. The van der Waals surface area contributed by atoms with Gasteiger partial charge in [-0.25, -0.2) is 9.78 Å². The number of nitrogens with zero attached hydrogens (tertiary/aromatic N) is 1. The summed E-state index contributed by atoms with van der Waals surface area (Å²) >= 11 is 0. The highest BCUT2D eigenvalue weighted by molar-refractivity contribution is 5.94. The summed E-state index contributed by atoms with van der Waals surface area (Å²) in [7, 11) is 0. The van der Waals surface area contributed by atoms with Gasteiger partial charge in [-0.15, -0.1) is 0 Å². The Balaban J connectivity index is 2.83. The molecule has 1 aromatic heterocycles. The molecule has 2 N–H and O–H groups in total. The molecule has 0 aliphatic carbocycles. The van der Waals surface area contributed by atoms with Crippen LogP contribution in [-0.2, 0) is 9.59 Å². The van der Waals surface area contributed by atoms with Crippen LogP contribution in [0, 0.1) is 5.41 Å². The van der Waals surface area contributed by atoms with Crippen LogP contribution in [0.3, 0.4) is 0 Å². The molecule has 0 aromatic carbocycles. The second-order valence-corrected chi connectivity index (χ2v) is 4.81. The van der Waals surface area contributed by atoms with Crippen LogP contribution in [0.25, 0.3) is 6.08 Å². The van der Waals surface area contributed by atoms with Crippen LogP contribution in [0.5, 0.6) is 0 Å². The Morgan fingerprint density at radius 1 is 1.42 bits per heavy atom. The molecule has 5 nitrogen and oxygen atoms in total. The fourth-order valence-electron chi connectivity index (χ4n) is 1.22. The molecule has 0 fully saturated rings. The molecule has 1 aromatic rings. The number of carbonyl (C=O) groups excluding carboxylic acids is 1. The molecule has 1 heterocycles. The zero-order valence-electron chi connectivity index (χ0n) is 11.3. The minimum Gasteiger partial charge on any atom is -0.478 e. The molecule has 1 amide bonds. The van der Waals surface area contributed by atoms with E-state index < -0.39 is 11.4 Å². The van der Waals surface area contributed by atoms with Crippen molar-refractivity contribution in [2.45, 2.75) is 27.2 Å². The van der Waals surface area contributed by atoms with Crippen molar-refractivity contribution < 1.29 is 14.7 Å². The first-order valence-corrected chi connectivity index (χ1v) is 6.04. The molecule has 0 atom stereocenters. The Morgan fingerprint density at radius 2 is 2.11 bits per heavy atom. The van der Waals surface area contributed by atoms with Crippen molar-refractivity contribution in [3.63, 3.8) is 0 Å². The van der Waals surface area contributed by atoms with Crippen LogP contribution in [0.1, 0.15) is 32.9 Å². The Morgan fingerprint density at radius 3 is 2.68 bits per heavy atom. The third kappa shape index (κ3) is 4.54. The number of carbonyl (C=O) groups is 2. The molecule has 0 unspecified atom stereocenters. The highest BCUT2D eigenvalue weighted by Crippen LogP contribution is 2.21. The zero-order chi connectivity index (χ0) is 14.5. The van der Waals surface area contributed by atoms with E-state index in [0.717, 1.165) is 12.5 Å². The van der Waals surface area contributed by atoms with E-state index in [1.165, 1.54) is 6.08 Å². The quantitative estimate of drug-likeness (QED) is 0.799. The Labute approximate surface area is 112 Å². The van der Waals surface area contributed by atoms with Crippen LogP contribution in [-0.4, -0.2) is 22.0 Å². The number of anilines is 1. The largest absolute Gasteiger partial charge is 0.478 e. The van der Waals surface area contributed by atoms with Gasteiger partial charge in [0, 0.05) is 11.5 Å². The van der Waals surface area contributed by atoms with E-state index in [9.17, 15) is 9.59 Å². The molecule has 102 valence electrons. The van der Waals surface area contributed by atoms with Crippen LogP contribution in [0.15, 0.2) is 24.3 Å². The number of aliphatic carboxylic acids is 1. The van der Waals surface area contributed by atoms with Crippen molar-refractivity contribution in [2.24, 2.45) is 5.41 Å². The van der Waals surface area contributed by atoms with Crippen molar-refractivity contribution in [3.05, 3.63) is 30.0 Å². The van der Waals surface area contributed by atoms with Gasteiger partial charge in [0.05, 0.1) is 5.69 Å². The van der Waals surface area contributed by atoms with E-state index >= 15 is 0 Å². The second kappa shape index (κ2) is 6.13. The fourth-order valence-corrected chi connectivity index (χ4v) is 1.22. The van der Waals surface area contributed by atoms with Gasteiger partial charge < -0.3 is 10.4 Å². The third-order valence-corrected chi connectivity index (χ3v) is 2.91. The number of carboxylic acid groups (broad SMARTS) is 1. The van der Waals surface area contributed by atoms with E-state index in [0.29, 0.717) is 11.5 Å². The molecule has 0 saturated heterocycles. The second-order valence-electron chi connectivity index (χ2n) is 4.81. The maximum atomic E-state index is 12.0. The number of carboxylic acids is 1. The van der Waals surface area contributed by atoms with Gasteiger partial charge in [0.15, 0.2) is 0 Å². The molecule has 0 aliphatic rings. The predicted molar refractivity (Wildman–Crippen MR) is 73.6 cm³/mol. The Hall–Kier alpha value is -2.17. The normalized spacial score (nSPS) is 11.5. The maximum absolute atomic E-state index is 12.0. The lowest BCUT2D eigenvalue weighted by Gasteiger charge is -2.21. The molecule has 5 heteroatoms. The van der Waals surface area contributed by atoms with Crippen molar-refractivity contribution >= 4 is 23.8 Å². The lowest BCUT2D eigenvalue weighted by Crippen LogP contribution is -2.30. The predicted octanol–water partition coefficient (Wildman–Crippen LogP) is 2.55. The average molecular weight is 262 g/mol. The number of rotatable bonds is 5. The van der Waals surface area contributed by atoms with Gasteiger partial charge in [-0.3, -0.25) is 4.79 Å². The van der Waals surface area contributed by atoms with E-state index in [-0.39, 0.29) is 5.91 Å². The summed E-state index contributed by atoms with van der Waals surface area (Å²) in [6.07, 6.45) is 3.10. The van der Waals surface area contributed by atoms with Crippen LogP contribution in [0.2, 0.25) is 0 Å². The monoisotopic (exact) mass is 262 g/mol. The molecular formula is C14H18N2O3. The smallest absolute Gasteiger partial charge is 0.328 e. The number of amides is 1. The summed E-state index contributed by atoms with van der Waals surface area (Å²) in [5.74, 6) is -0.732. The maximum Gasteiger partial charge on any atom is 0.328 e. The van der Waals surface area contributed by atoms with E-state index in [1.807, 2.05) is 20.8 Å². The zero-order valence-corrected chi connectivity index (χ0v) is 11.3. The van der Waals surface area contributed by atoms with Crippen LogP contribution < -0.4 is 5.32 Å².